The third-order valence-corrected chi connectivity index (χ3v) is 4.57. The van der Waals surface area contributed by atoms with E-state index in [4.69, 9.17) is 16.3 Å². The first-order chi connectivity index (χ1) is 9.65. The molecule has 1 aliphatic rings. The normalized spacial score (nSPS) is 14.8. The number of rotatable bonds is 0. The molecular weight excluding hydrogens is 345 g/mol. The molecule has 0 amide bonds. The number of benzene rings is 1. The van der Waals surface area contributed by atoms with Gasteiger partial charge in [0.15, 0.2) is 0 Å². The van der Waals surface area contributed by atoms with Gasteiger partial charge in [-0.05, 0) is 52.0 Å². The molecule has 20 heavy (non-hydrogen) atoms. The van der Waals surface area contributed by atoms with E-state index in [1.807, 2.05) is 12.1 Å². The Balaban J connectivity index is 2.00. The molecule has 1 aromatic carbocycles. The predicted octanol–water partition coefficient (Wildman–Crippen LogP) is 4.45. The molecule has 5 heteroatoms. The quantitative estimate of drug-likeness (QED) is 0.651. The molecule has 0 spiro atoms. The number of aromatic nitrogens is 1. The van der Waals surface area contributed by atoms with Crippen molar-refractivity contribution in [3.8, 4) is 0 Å². The molecule has 0 saturated carbocycles. The summed E-state index contributed by atoms with van der Waals surface area (Å²) in [6.45, 7) is 0.862. The Hall–Kier alpha value is -0.970. The van der Waals surface area contributed by atoms with Gasteiger partial charge in [-0.2, -0.15) is 0 Å². The molecule has 1 aromatic heterocycles. The van der Waals surface area contributed by atoms with Gasteiger partial charge in [-0.25, -0.2) is 9.37 Å². The van der Waals surface area contributed by atoms with E-state index in [1.165, 1.54) is 6.07 Å². The minimum atomic E-state index is -0.183. The number of fused-ring (bicyclic) bond motifs is 2. The standard InChI is InChI=1S/C15H12BrClFNO/c16-12-6-10-8-20-7-9-2-1-3-13(18)11(9)4-5-14(10)19-15(12)17/h1-3,6H,4-5,7-8H2. The summed E-state index contributed by atoms with van der Waals surface area (Å²) < 4.78 is 20.4. The second kappa shape index (κ2) is 5.80. The zero-order chi connectivity index (χ0) is 14.1. The van der Waals surface area contributed by atoms with Crippen LogP contribution in [-0.2, 0) is 30.8 Å². The van der Waals surface area contributed by atoms with E-state index in [0.717, 1.165) is 21.3 Å². The second-order valence-electron chi connectivity index (χ2n) is 4.74. The van der Waals surface area contributed by atoms with Crippen molar-refractivity contribution in [3.05, 3.63) is 62.1 Å². The molecule has 0 saturated heterocycles. The van der Waals surface area contributed by atoms with Crippen LogP contribution in [-0.4, -0.2) is 4.98 Å². The van der Waals surface area contributed by atoms with Crippen molar-refractivity contribution in [2.75, 3.05) is 0 Å². The zero-order valence-corrected chi connectivity index (χ0v) is 13.0. The smallest absolute Gasteiger partial charge is 0.143 e. The first kappa shape index (κ1) is 14.0. The Kier molecular flexibility index (Phi) is 4.06. The fourth-order valence-corrected chi connectivity index (χ4v) is 2.94. The minimum Gasteiger partial charge on any atom is -0.372 e. The van der Waals surface area contributed by atoms with Gasteiger partial charge in [-0.1, -0.05) is 23.7 Å². The summed E-state index contributed by atoms with van der Waals surface area (Å²) in [6, 6.07) is 7.04. The van der Waals surface area contributed by atoms with Crippen LogP contribution in [0.4, 0.5) is 4.39 Å². The van der Waals surface area contributed by atoms with Gasteiger partial charge in [-0.15, -0.1) is 0 Å². The lowest BCUT2D eigenvalue weighted by Gasteiger charge is -2.09. The monoisotopic (exact) mass is 355 g/mol. The van der Waals surface area contributed by atoms with E-state index in [2.05, 4.69) is 20.9 Å². The molecule has 1 aliphatic heterocycles. The molecule has 0 N–H and O–H groups in total. The number of nitrogens with zero attached hydrogens (tertiary/aromatic N) is 1. The van der Waals surface area contributed by atoms with Crippen molar-refractivity contribution in [1.29, 1.82) is 0 Å². The highest BCUT2D eigenvalue weighted by atomic mass is 79.9. The van der Waals surface area contributed by atoms with Crippen LogP contribution < -0.4 is 0 Å². The van der Waals surface area contributed by atoms with Crippen LogP contribution >= 0.6 is 27.5 Å². The maximum Gasteiger partial charge on any atom is 0.143 e. The molecule has 0 atom stereocenters. The van der Waals surface area contributed by atoms with Gasteiger partial charge in [0.05, 0.1) is 17.7 Å². The van der Waals surface area contributed by atoms with Crippen molar-refractivity contribution in [3.63, 3.8) is 0 Å². The summed E-state index contributed by atoms with van der Waals surface area (Å²) in [5.74, 6) is -0.183. The third-order valence-electron chi connectivity index (χ3n) is 3.44. The summed E-state index contributed by atoms with van der Waals surface area (Å²) in [5.41, 5.74) is 3.48. The van der Waals surface area contributed by atoms with Crippen molar-refractivity contribution < 1.29 is 9.13 Å². The molecule has 0 aliphatic carbocycles. The fourth-order valence-electron chi connectivity index (χ4n) is 2.41. The molecule has 0 unspecified atom stereocenters. The van der Waals surface area contributed by atoms with E-state index in [0.29, 0.717) is 36.8 Å². The molecule has 0 radical (unpaired) electrons. The highest BCUT2D eigenvalue weighted by Crippen LogP contribution is 2.27. The fraction of sp³-hybridized carbons (Fsp3) is 0.267. The number of halogens is 3. The lowest BCUT2D eigenvalue weighted by molar-refractivity contribution is 0.106. The van der Waals surface area contributed by atoms with Crippen molar-refractivity contribution in [2.45, 2.75) is 26.1 Å². The van der Waals surface area contributed by atoms with Crippen LogP contribution in [0.15, 0.2) is 28.7 Å². The Morgan fingerprint density at radius 1 is 1.20 bits per heavy atom. The number of hydrogen-bond donors (Lipinski definition) is 0. The number of hydrogen-bond acceptors (Lipinski definition) is 2. The molecule has 104 valence electrons. The van der Waals surface area contributed by atoms with Crippen LogP contribution in [0.1, 0.15) is 22.4 Å². The Labute approximate surface area is 130 Å². The largest absolute Gasteiger partial charge is 0.372 e. The number of aryl methyl sites for hydroxylation is 1. The molecule has 2 heterocycles. The van der Waals surface area contributed by atoms with Gasteiger partial charge in [-0.3, -0.25) is 0 Å². The highest BCUT2D eigenvalue weighted by molar-refractivity contribution is 9.10. The lowest BCUT2D eigenvalue weighted by atomic mass is 10.0. The molecule has 0 bridgehead atoms. The predicted molar refractivity (Wildman–Crippen MR) is 79.2 cm³/mol. The van der Waals surface area contributed by atoms with Crippen LogP contribution in [0.2, 0.25) is 5.15 Å². The van der Waals surface area contributed by atoms with Crippen LogP contribution in [0, 0.1) is 5.82 Å². The van der Waals surface area contributed by atoms with Gasteiger partial charge < -0.3 is 4.74 Å². The SMILES string of the molecule is Fc1cccc2c1CCc1nc(Cl)c(Br)cc1COC2. The second-order valence-corrected chi connectivity index (χ2v) is 5.95. The molecule has 2 nitrogen and oxygen atoms in total. The minimum absolute atomic E-state index is 0.183. The number of ether oxygens (including phenoxy) is 1. The van der Waals surface area contributed by atoms with Crippen LogP contribution in [0.3, 0.4) is 0 Å². The highest BCUT2D eigenvalue weighted by Gasteiger charge is 2.15. The van der Waals surface area contributed by atoms with Gasteiger partial charge in [0.2, 0.25) is 0 Å². The summed E-state index contributed by atoms with van der Waals surface area (Å²) in [7, 11) is 0. The van der Waals surface area contributed by atoms with Gasteiger partial charge in [0, 0.05) is 11.3 Å². The van der Waals surface area contributed by atoms with Gasteiger partial charge in [0.1, 0.15) is 11.0 Å². The summed E-state index contributed by atoms with van der Waals surface area (Å²) in [6.07, 6.45) is 1.25. The summed E-state index contributed by atoms with van der Waals surface area (Å²) in [4.78, 5) is 4.38. The zero-order valence-electron chi connectivity index (χ0n) is 10.6. The maximum absolute atomic E-state index is 13.9. The van der Waals surface area contributed by atoms with Gasteiger partial charge >= 0.3 is 0 Å². The first-order valence-electron chi connectivity index (χ1n) is 6.33. The first-order valence-corrected chi connectivity index (χ1v) is 7.50. The molecule has 2 aromatic rings. The van der Waals surface area contributed by atoms with E-state index in [1.54, 1.807) is 6.07 Å². The Morgan fingerprint density at radius 3 is 2.85 bits per heavy atom. The number of pyridine rings is 1. The van der Waals surface area contributed by atoms with Crippen LogP contribution in [0.5, 0.6) is 0 Å². The molecule has 0 fully saturated rings. The van der Waals surface area contributed by atoms with E-state index in [-0.39, 0.29) is 5.82 Å². The van der Waals surface area contributed by atoms with E-state index < -0.39 is 0 Å². The van der Waals surface area contributed by atoms with Crippen molar-refractivity contribution in [2.24, 2.45) is 0 Å². The van der Waals surface area contributed by atoms with E-state index in [9.17, 15) is 4.39 Å². The average molecular weight is 357 g/mol. The summed E-state index contributed by atoms with van der Waals surface area (Å²) in [5, 5.41) is 0.428. The van der Waals surface area contributed by atoms with Crippen molar-refractivity contribution in [1.82, 2.24) is 4.98 Å². The van der Waals surface area contributed by atoms with Crippen LogP contribution in [0.25, 0.3) is 0 Å². The van der Waals surface area contributed by atoms with E-state index >= 15 is 0 Å². The Morgan fingerprint density at radius 2 is 2.00 bits per heavy atom. The third kappa shape index (κ3) is 2.73. The lowest BCUT2D eigenvalue weighted by Crippen LogP contribution is -2.02. The average Bonchev–Trinajstić information content (AvgIpc) is 2.50. The van der Waals surface area contributed by atoms with Gasteiger partial charge in [0.25, 0.3) is 0 Å². The topological polar surface area (TPSA) is 22.1 Å². The molecule has 3 rings (SSSR count). The van der Waals surface area contributed by atoms with Crippen molar-refractivity contribution >= 4 is 27.5 Å². The maximum atomic E-state index is 13.9. The Bertz CT molecular complexity index is 663. The molecular formula is C15H12BrClFNO. The summed E-state index contributed by atoms with van der Waals surface area (Å²) >= 11 is 9.41.